The molecule has 1 amide bonds. The predicted molar refractivity (Wildman–Crippen MR) is 76.9 cm³/mol. The van der Waals surface area contributed by atoms with Crippen molar-refractivity contribution in [2.75, 3.05) is 20.2 Å². The summed E-state index contributed by atoms with van der Waals surface area (Å²) >= 11 is 0. The highest BCUT2D eigenvalue weighted by Crippen LogP contribution is 2.16. The first-order chi connectivity index (χ1) is 10.1. The van der Waals surface area contributed by atoms with E-state index in [1.165, 1.54) is 19.2 Å². The van der Waals surface area contributed by atoms with Crippen LogP contribution in [0.1, 0.15) is 18.1 Å². The van der Waals surface area contributed by atoms with Crippen LogP contribution in [-0.2, 0) is 9.63 Å². The number of carbonyl (C=O) groups is 1. The molecule has 2 atom stereocenters. The van der Waals surface area contributed by atoms with Gasteiger partial charge < -0.3 is 25.7 Å². The van der Waals surface area contributed by atoms with Crippen molar-refractivity contribution in [3.63, 3.8) is 0 Å². The number of hydrogen-bond acceptors (Lipinski definition) is 6. The fraction of sp³-hybridized carbons (Fsp3) is 0.429. The van der Waals surface area contributed by atoms with E-state index in [0.29, 0.717) is 18.5 Å². The number of hydrogen-bond donors (Lipinski definition) is 4. The Labute approximate surface area is 122 Å². The summed E-state index contributed by atoms with van der Waals surface area (Å²) in [6.45, 7) is 0.630. The molecule has 4 N–H and O–H groups in total. The Morgan fingerprint density at radius 3 is 2.90 bits per heavy atom. The Morgan fingerprint density at radius 2 is 2.24 bits per heavy atom. The Morgan fingerprint density at radius 1 is 1.52 bits per heavy atom. The molecule has 0 spiro atoms. The van der Waals surface area contributed by atoms with E-state index in [1.54, 1.807) is 12.1 Å². The van der Waals surface area contributed by atoms with E-state index in [4.69, 9.17) is 0 Å². The van der Waals surface area contributed by atoms with Gasteiger partial charge in [0, 0.05) is 19.5 Å². The number of aliphatic hydroxyl groups excluding tert-OH is 1. The van der Waals surface area contributed by atoms with Gasteiger partial charge in [-0.2, -0.15) is 0 Å². The first kappa shape index (κ1) is 15.3. The average molecular weight is 293 g/mol. The van der Waals surface area contributed by atoms with Gasteiger partial charge in [0.2, 0.25) is 5.91 Å². The van der Waals surface area contributed by atoms with E-state index in [9.17, 15) is 15.0 Å². The highest BCUT2D eigenvalue weighted by molar-refractivity contribution is 5.96. The maximum atomic E-state index is 12.0. The van der Waals surface area contributed by atoms with Crippen LogP contribution >= 0.6 is 0 Å². The Hall–Kier alpha value is -2.12. The second kappa shape index (κ2) is 7.05. The fourth-order valence-corrected chi connectivity index (χ4v) is 2.14. The molecule has 114 valence electrons. The summed E-state index contributed by atoms with van der Waals surface area (Å²) < 4.78 is 0. The normalized spacial score (nSPS) is 21.2. The minimum absolute atomic E-state index is 0.110. The molecule has 1 aromatic rings. The van der Waals surface area contributed by atoms with Crippen molar-refractivity contribution in [3.05, 3.63) is 29.8 Å². The molecule has 1 aliphatic heterocycles. The summed E-state index contributed by atoms with van der Waals surface area (Å²) in [6, 6.07) is 5.86. The molecule has 0 saturated carbocycles. The number of carbonyl (C=O) groups excluding carboxylic acids is 1. The Bertz CT molecular complexity index is 515. The number of nitrogens with zero attached hydrogens (tertiary/aromatic N) is 1. The van der Waals surface area contributed by atoms with Crippen LogP contribution in [0.5, 0.6) is 5.75 Å². The predicted octanol–water partition coefficient (Wildman–Crippen LogP) is -0.0939. The van der Waals surface area contributed by atoms with Gasteiger partial charge in [-0.1, -0.05) is 17.3 Å². The zero-order valence-corrected chi connectivity index (χ0v) is 11.7. The van der Waals surface area contributed by atoms with Gasteiger partial charge in [0.05, 0.1) is 17.9 Å². The lowest BCUT2D eigenvalue weighted by atomic mass is 10.1. The third-order valence-electron chi connectivity index (χ3n) is 3.28. The number of rotatable bonds is 5. The summed E-state index contributed by atoms with van der Waals surface area (Å²) in [5.74, 6) is -0.0516. The van der Waals surface area contributed by atoms with Gasteiger partial charge in [0.25, 0.3) is 0 Å². The zero-order valence-electron chi connectivity index (χ0n) is 11.7. The molecule has 2 unspecified atom stereocenters. The standard InChI is InChI=1S/C14H19N3O4/c1-21-17-10-6-12(15-7-10)14(20)16-8-13(19)9-2-4-11(18)5-3-9/h2-5,12-13,15,18-19H,6-8H2,1H3,(H,16,20). The SMILES string of the molecule is CON=C1CNC(C(=O)NCC(O)c2ccc(O)cc2)C1. The number of phenolic OH excluding ortho intramolecular Hbond substituents is 1. The monoisotopic (exact) mass is 293 g/mol. The van der Waals surface area contributed by atoms with Gasteiger partial charge in [-0.25, -0.2) is 0 Å². The second-order valence-electron chi connectivity index (χ2n) is 4.83. The van der Waals surface area contributed by atoms with Crippen molar-refractivity contribution in [1.82, 2.24) is 10.6 Å². The first-order valence-electron chi connectivity index (χ1n) is 6.67. The minimum atomic E-state index is -0.817. The number of oxime groups is 1. The molecule has 0 bridgehead atoms. The van der Waals surface area contributed by atoms with Gasteiger partial charge in [-0.3, -0.25) is 4.79 Å². The van der Waals surface area contributed by atoms with Crippen molar-refractivity contribution in [1.29, 1.82) is 0 Å². The summed E-state index contributed by atoms with van der Waals surface area (Å²) in [4.78, 5) is 16.6. The van der Waals surface area contributed by atoms with Crippen molar-refractivity contribution in [2.24, 2.45) is 5.16 Å². The van der Waals surface area contributed by atoms with Crippen molar-refractivity contribution in [2.45, 2.75) is 18.6 Å². The van der Waals surface area contributed by atoms with Gasteiger partial charge >= 0.3 is 0 Å². The van der Waals surface area contributed by atoms with Crippen molar-refractivity contribution in [3.8, 4) is 5.75 Å². The molecule has 1 aromatic carbocycles. The number of aliphatic hydroxyl groups is 1. The highest BCUT2D eigenvalue weighted by atomic mass is 16.6. The molecule has 0 radical (unpaired) electrons. The van der Waals surface area contributed by atoms with Crippen LogP contribution in [0.2, 0.25) is 0 Å². The molecule has 2 rings (SSSR count). The van der Waals surface area contributed by atoms with Gasteiger partial charge in [-0.15, -0.1) is 0 Å². The molecule has 1 saturated heterocycles. The van der Waals surface area contributed by atoms with Crippen LogP contribution in [0.3, 0.4) is 0 Å². The van der Waals surface area contributed by atoms with Crippen LogP contribution in [0, 0.1) is 0 Å². The lowest BCUT2D eigenvalue weighted by Crippen LogP contribution is -2.41. The van der Waals surface area contributed by atoms with E-state index in [1.807, 2.05) is 0 Å². The number of benzene rings is 1. The Balaban J connectivity index is 1.81. The number of amides is 1. The van der Waals surface area contributed by atoms with E-state index in [0.717, 1.165) is 5.71 Å². The lowest BCUT2D eigenvalue weighted by molar-refractivity contribution is -0.123. The zero-order chi connectivity index (χ0) is 15.2. The Kier molecular flexibility index (Phi) is 5.13. The molecule has 0 aromatic heterocycles. The summed E-state index contributed by atoms with van der Waals surface area (Å²) in [6.07, 6.45) is -0.322. The minimum Gasteiger partial charge on any atom is -0.508 e. The number of phenols is 1. The van der Waals surface area contributed by atoms with Crippen LogP contribution in [0.25, 0.3) is 0 Å². The maximum Gasteiger partial charge on any atom is 0.237 e. The quantitative estimate of drug-likeness (QED) is 0.568. The molecule has 7 heteroatoms. The van der Waals surface area contributed by atoms with Crippen LogP contribution in [0.4, 0.5) is 0 Å². The second-order valence-corrected chi connectivity index (χ2v) is 4.83. The molecular weight excluding hydrogens is 274 g/mol. The molecule has 7 nitrogen and oxygen atoms in total. The molecule has 1 aliphatic rings. The smallest absolute Gasteiger partial charge is 0.237 e. The van der Waals surface area contributed by atoms with Crippen molar-refractivity contribution >= 4 is 11.6 Å². The lowest BCUT2D eigenvalue weighted by Gasteiger charge is -2.15. The van der Waals surface area contributed by atoms with E-state index >= 15 is 0 Å². The van der Waals surface area contributed by atoms with Crippen molar-refractivity contribution < 1.29 is 19.8 Å². The third kappa shape index (κ3) is 4.17. The molecular formula is C14H19N3O4. The van der Waals surface area contributed by atoms with E-state index in [2.05, 4.69) is 20.6 Å². The summed E-state index contributed by atoms with van der Waals surface area (Å²) in [7, 11) is 1.47. The summed E-state index contributed by atoms with van der Waals surface area (Å²) in [5, 5.41) is 28.7. The molecule has 0 aliphatic carbocycles. The highest BCUT2D eigenvalue weighted by Gasteiger charge is 2.27. The average Bonchev–Trinajstić information content (AvgIpc) is 2.94. The van der Waals surface area contributed by atoms with Crippen LogP contribution < -0.4 is 10.6 Å². The molecule has 21 heavy (non-hydrogen) atoms. The van der Waals surface area contributed by atoms with Gasteiger partial charge in [0.15, 0.2) is 0 Å². The molecule has 1 heterocycles. The first-order valence-corrected chi connectivity index (χ1v) is 6.67. The van der Waals surface area contributed by atoms with E-state index < -0.39 is 6.10 Å². The maximum absolute atomic E-state index is 12.0. The number of aromatic hydroxyl groups is 1. The van der Waals surface area contributed by atoms with Gasteiger partial charge in [-0.05, 0) is 17.7 Å². The number of nitrogens with one attached hydrogen (secondary N) is 2. The summed E-state index contributed by atoms with van der Waals surface area (Å²) in [5.41, 5.74) is 1.42. The van der Waals surface area contributed by atoms with Crippen LogP contribution in [-0.4, -0.2) is 48.1 Å². The molecule has 1 fully saturated rings. The van der Waals surface area contributed by atoms with Crippen LogP contribution in [0.15, 0.2) is 29.4 Å². The third-order valence-corrected chi connectivity index (χ3v) is 3.28. The van der Waals surface area contributed by atoms with Gasteiger partial charge in [0.1, 0.15) is 12.9 Å². The topological polar surface area (TPSA) is 103 Å². The largest absolute Gasteiger partial charge is 0.508 e. The fourth-order valence-electron chi connectivity index (χ4n) is 2.14. The van der Waals surface area contributed by atoms with E-state index in [-0.39, 0.29) is 24.2 Å².